The summed E-state index contributed by atoms with van der Waals surface area (Å²) < 4.78 is 20.7. The van der Waals surface area contributed by atoms with Gasteiger partial charge in [0.15, 0.2) is 0 Å². The first-order chi connectivity index (χ1) is 6.38. The maximum Gasteiger partial charge on any atom is 0.337 e. The summed E-state index contributed by atoms with van der Waals surface area (Å²) in [5, 5.41) is 10.7. The Morgan fingerprint density at radius 1 is 1.82 bits per heavy atom. The van der Waals surface area contributed by atoms with Gasteiger partial charge in [0.05, 0.1) is 11.3 Å². The minimum Gasteiger partial charge on any atom is -0.478 e. The van der Waals surface area contributed by atoms with E-state index < -0.39 is 12.9 Å². The molecule has 0 bridgehead atoms. The van der Waals surface area contributed by atoms with Crippen LogP contribution in [0.15, 0.2) is 18.5 Å². The maximum atomic E-state index is 10.5. The fraction of sp³-hybridized carbons (Fsp3) is 0.143. The van der Waals surface area contributed by atoms with Crippen LogP contribution in [0.4, 0.5) is 5.69 Å². The normalized spacial score (nSPS) is 14.4. The Morgan fingerprint density at radius 2 is 2.64 bits per heavy atom. The molecule has 1 aromatic heterocycles. The molecule has 0 fully saturated rings. The molecule has 0 spiro atoms. The summed E-state index contributed by atoms with van der Waals surface area (Å²) in [7, 11) is 0. The molecule has 0 aliphatic rings. The number of hydrogen-bond donors (Lipinski definition) is 2. The summed E-state index contributed by atoms with van der Waals surface area (Å²) in [5.41, 5.74) is 0.101. The lowest BCUT2D eigenvalue weighted by molar-refractivity contribution is 0.0696. The van der Waals surface area contributed by atoms with E-state index in [4.69, 9.17) is 9.22 Å². The van der Waals surface area contributed by atoms with Crippen LogP contribution in [0.3, 0.4) is 0 Å². The van der Waals surface area contributed by atoms with Gasteiger partial charge in [0.2, 0.25) is 0 Å². The van der Waals surface area contributed by atoms with Crippen LogP contribution in [0, 0.1) is 0 Å². The van der Waals surface area contributed by atoms with Crippen LogP contribution in [-0.2, 0) is 0 Å². The lowest BCUT2D eigenvalue weighted by atomic mass is 10.3. The fourth-order valence-corrected chi connectivity index (χ4v) is 0.625. The van der Waals surface area contributed by atoms with Gasteiger partial charge in [-0.15, -0.1) is 0 Å². The topological polar surface area (TPSA) is 62.2 Å². The van der Waals surface area contributed by atoms with Gasteiger partial charge in [0, 0.05) is 23.5 Å². The molecule has 0 amide bonds. The number of aromatic nitrogens is 1. The van der Waals surface area contributed by atoms with E-state index in [1.165, 1.54) is 12.3 Å². The summed E-state index contributed by atoms with van der Waals surface area (Å²) >= 11 is 0. The molecular formula is C7H8N2O2. The van der Waals surface area contributed by atoms with Gasteiger partial charge in [-0.3, -0.25) is 4.98 Å². The largest absolute Gasteiger partial charge is 0.478 e. The highest BCUT2D eigenvalue weighted by Crippen LogP contribution is 2.06. The van der Waals surface area contributed by atoms with E-state index in [1.807, 2.05) is 0 Å². The summed E-state index contributed by atoms with van der Waals surface area (Å²) in [6.07, 6.45) is 2.39. The van der Waals surface area contributed by atoms with Crippen molar-refractivity contribution in [3.8, 4) is 0 Å². The molecule has 0 aliphatic heterocycles. The molecule has 0 aliphatic carbocycles. The first-order valence-electron chi connectivity index (χ1n) is 4.35. The number of pyridine rings is 1. The van der Waals surface area contributed by atoms with E-state index >= 15 is 0 Å². The second-order valence-electron chi connectivity index (χ2n) is 1.89. The van der Waals surface area contributed by atoms with Crippen molar-refractivity contribution in [1.29, 1.82) is 0 Å². The first kappa shape index (κ1) is 4.33. The Kier molecular flexibility index (Phi) is 1.18. The fourth-order valence-electron chi connectivity index (χ4n) is 0.625. The highest BCUT2D eigenvalue weighted by molar-refractivity contribution is 5.88. The van der Waals surface area contributed by atoms with E-state index in [0.717, 1.165) is 6.20 Å². The lowest BCUT2D eigenvalue weighted by Gasteiger charge is -1.98. The van der Waals surface area contributed by atoms with E-state index in [2.05, 4.69) is 10.3 Å². The van der Waals surface area contributed by atoms with E-state index in [9.17, 15) is 4.79 Å². The third kappa shape index (κ3) is 1.67. The third-order valence-corrected chi connectivity index (χ3v) is 1.13. The summed E-state index contributed by atoms with van der Waals surface area (Å²) in [6, 6.07) is 1.21. The average Bonchev–Trinajstić information content (AvgIpc) is 2.01. The van der Waals surface area contributed by atoms with Crippen molar-refractivity contribution in [2.24, 2.45) is 0 Å². The Labute approximate surface area is 68.1 Å². The number of carbonyl (C=O) groups is 1. The highest BCUT2D eigenvalue weighted by Gasteiger charge is 2.01. The molecule has 4 nitrogen and oxygen atoms in total. The van der Waals surface area contributed by atoms with E-state index in [0.29, 0.717) is 0 Å². The van der Waals surface area contributed by atoms with Gasteiger partial charge < -0.3 is 10.4 Å². The smallest absolute Gasteiger partial charge is 0.337 e. The van der Waals surface area contributed by atoms with Crippen LogP contribution in [0.1, 0.15) is 14.5 Å². The number of nitrogens with one attached hydrogen (secondary N) is 1. The van der Waals surface area contributed by atoms with E-state index in [1.54, 1.807) is 0 Å². The lowest BCUT2D eigenvalue weighted by Crippen LogP contribution is -1.98. The minimum absolute atomic E-state index is 0.0562. The van der Waals surface area contributed by atoms with Gasteiger partial charge in [-0.25, -0.2) is 4.79 Å². The molecule has 1 rings (SSSR count). The number of anilines is 1. The number of aromatic carboxylic acids is 1. The van der Waals surface area contributed by atoms with Crippen LogP contribution < -0.4 is 5.32 Å². The Morgan fingerprint density at radius 3 is 3.27 bits per heavy atom. The average molecular weight is 155 g/mol. The Bertz CT molecular complexity index is 351. The predicted molar refractivity (Wildman–Crippen MR) is 40.7 cm³/mol. The number of carboxylic acids is 1. The number of carboxylic acid groups (broad SMARTS) is 1. The molecular weight excluding hydrogens is 144 g/mol. The molecule has 0 unspecified atom stereocenters. The van der Waals surface area contributed by atoms with Crippen LogP contribution in [0.2, 0.25) is 0 Å². The Balaban J connectivity index is 2.89. The standard InChI is InChI=1S/C7H8N2O2/c1-8-6-2-5(7(10)11)3-9-4-6/h2-4,8H,1H3,(H,10,11)/i1D3. The van der Waals surface area contributed by atoms with E-state index in [-0.39, 0.29) is 11.3 Å². The van der Waals surface area contributed by atoms with Gasteiger partial charge in [0.1, 0.15) is 0 Å². The van der Waals surface area contributed by atoms with Crippen molar-refractivity contribution in [1.82, 2.24) is 4.98 Å². The number of rotatable bonds is 2. The highest BCUT2D eigenvalue weighted by atomic mass is 16.4. The van der Waals surface area contributed by atoms with Crippen molar-refractivity contribution in [2.45, 2.75) is 0 Å². The zero-order valence-electron chi connectivity index (χ0n) is 8.53. The molecule has 4 heteroatoms. The van der Waals surface area contributed by atoms with Gasteiger partial charge >= 0.3 is 5.97 Å². The molecule has 1 aromatic rings. The van der Waals surface area contributed by atoms with Crippen molar-refractivity contribution >= 4 is 11.7 Å². The minimum atomic E-state index is -2.35. The van der Waals surface area contributed by atoms with Crippen molar-refractivity contribution in [2.75, 3.05) is 12.3 Å². The zero-order valence-corrected chi connectivity index (χ0v) is 5.53. The molecule has 0 radical (unpaired) electrons. The van der Waals surface area contributed by atoms with Gasteiger partial charge in [-0.05, 0) is 6.07 Å². The van der Waals surface area contributed by atoms with Crippen molar-refractivity contribution in [3.63, 3.8) is 0 Å². The monoisotopic (exact) mass is 155 g/mol. The second kappa shape index (κ2) is 3.01. The first-order valence-corrected chi connectivity index (χ1v) is 2.85. The van der Waals surface area contributed by atoms with Crippen LogP contribution in [0.5, 0.6) is 0 Å². The second-order valence-corrected chi connectivity index (χ2v) is 1.89. The number of nitrogens with zero attached hydrogens (tertiary/aromatic N) is 1. The molecule has 11 heavy (non-hydrogen) atoms. The molecule has 0 atom stereocenters. The predicted octanol–water partition coefficient (Wildman–Crippen LogP) is 0.821. The summed E-state index contributed by atoms with van der Waals surface area (Å²) in [5.74, 6) is -1.15. The van der Waals surface area contributed by atoms with Gasteiger partial charge in [-0.2, -0.15) is 0 Å². The molecule has 0 aromatic carbocycles. The van der Waals surface area contributed by atoms with Crippen LogP contribution in [0.25, 0.3) is 0 Å². The SMILES string of the molecule is [2H]C([2H])([2H])Nc1cncc(C(=O)O)c1. The molecule has 1 heterocycles. The quantitative estimate of drug-likeness (QED) is 0.663. The van der Waals surface area contributed by atoms with Crippen molar-refractivity contribution in [3.05, 3.63) is 24.0 Å². The molecule has 0 saturated heterocycles. The maximum absolute atomic E-state index is 10.5. The van der Waals surface area contributed by atoms with Crippen LogP contribution >= 0.6 is 0 Å². The summed E-state index contributed by atoms with van der Waals surface area (Å²) in [6.45, 7) is -2.35. The van der Waals surface area contributed by atoms with Crippen molar-refractivity contribution < 1.29 is 14.0 Å². The van der Waals surface area contributed by atoms with Gasteiger partial charge in [0.25, 0.3) is 0 Å². The van der Waals surface area contributed by atoms with Gasteiger partial charge in [-0.1, -0.05) is 0 Å². The zero-order chi connectivity index (χ0) is 10.8. The Hall–Kier alpha value is -1.58. The van der Waals surface area contributed by atoms with Crippen LogP contribution in [-0.4, -0.2) is 23.0 Å². The molecule has 0 saturated carbocycles. The molecule has 58 valence electrons. The molecule has 2 N–H and O–H groups in total. The third-order valence-electron chi connectivity index (χ3n) is 1.13. The number of hydrogen-bond acceptors (Lipinski definition) is 3. The summed E-state index contributed by atoms with van der Waals surface area (Å²) in [4.78, 5) is 14.1.